The first kappa shape index (κ1) is 33.8. The van der Waals surface area contributed by atoms with E-state index in [1.54, 1.807) is 0 Å². The molecule has 0 fully saturated rings. The van der Waals surface area contributed by atoms with Crippen LogP contribution in [0.3, 0.4) is 0 Å². The molecule has 0 N–H and O–H groups in total. The second-order valence-corrected chi connectivity index (χ2v) is 15.2. The lowest BCUT2D eigenvalue weighted by molar-refractivity contribution is 0.766. The van der Waals surface area contributed by atoms with Crippen molar-refractivity contribution >= 4 is 29.2 Å². The van der Waals surface area contributed by atoms with Crippen LogP contribution in [-0.4, -0.2) is 0 Å². The first-order chi connectivity index (χ1) is 28.8. The zero-order chi connectivity index (χ0) is 38.5. The largest absolute Gasteiger partial charge is 0.311 e. The Bertz CT molecular complexity index is 2910. The van der Waals surface area contributed by atoms with Gasteiger partial charge in [-0.3, -0.25) is 0 Å². The average Bonchev–Trinajstić information content (AvgIpc) is 3.51. The Labute approximate surface area is 340 Å². The molecule has 0 heterocycles. The lowest BCUT2D eigenvalue weighted by atomic mass is 9.66. The van der Waals surface area contributed by atoms with Gasteiger partial charge in [0.2, 0.25) is 0 Å². The lowest BCUT2D eigenvalue weighted by Gasteiger charge is -2.35. The highest BCUT2D eigenvalue weighted by atomic mass is 15.1. The van der Waals surface area contributed by atoms with Gasteiger partial charge in [-0.15, -0.1) is 0 Å². The molecule has 0 saturated heterocycles. The number of fused-ring (bicyclic) bond motifs is 9. The van der Waals surface area contributed by atoms with Crippen LogP contribution < -0.4 is 4.90 Å². The molecule has 0 bridgehead atoms. The fourth-order valence-corrected chi connectivity index (χ4v) is 9.54. The molecule has 58 heavy (non-hydrogen) atoms. The summed E-state index contributed by atoms with van der Waals surface area (Å²) in [6, 6.07) is 82.0. The third-order valence-corrected chi connectivity index (χ3v) is 12.1. The molecule has 0 aromatic heterocycles. The predicted molar refractivity (Wildman–Crippen MR) is 244 cm³/mol. The van der Waals surface area contributed by atoms with E-state index in [0.29, 0.717) is 0 Å². The van der Waals surface area contributed by atoms with E-state index in [-0.39, 0.29) is 0 Å². The van der Waals surface area contributed by atoms with Gasteiger partial charge in [-0.25, -0.2) is 0 Å². The van der Waals surface area contributed by atoms with Crippen LogP contribution >= 0.6 is 0 Å². The summed E-state index contributed by atoms with van der Waals surface area (Å²) in [6.07, 6.45) is 4.59. The number of anilines is 3. The SMILES string of the molecule is C1=Cc2ccccc2C2(c3ccccc31)c1ccccc1-c1c(-c3ccc(N(c4ccccc4)c4ccc(-c5ccc(-c6ccccc6)cc5)cc4)cc3)cccc12. The van der Waals surface area contributed by atoms with Crippen LogP contribution in [0, 0.1) is 0 Å². The van der Waals surface area contributed by atoms with E-state index in [1.807, 2.05) is 0 Å². The van der Waals surface area contributed by atoms with Crippen molar-refractivity contribution in [2.45, 2.75) is 5.41 Å². The van der Waals surface area contributed by atoms with Crippen LogP contribution in [0.4, 0.5) is 17.1 Å². The van der Waals surface area contributed by atoms with Gasteiger partial charge in [0.1, 0.15) is 0 Å². The van der Waals surface area contributed by atoms with E-state index < -0.39 is 5.41 Å². The van der Waals surface area contributed by atoms with E-state index in [2.05, 4.69) is 242 Å². The van der Waals surface area contributed by atoms with E-state index in [4.69, 9.17) is 0 Å². The summed E-state index contributed by atoms with van der Waals surface area (Å²) in [4.78, 5) is 2.35. The van der Waals surface area contributed by atoms with Crippen LogP contribution in [-0.2, 0) is 5.41 Å². The quantitative estimate of drug-likeness (QED) is 0.164. The first-order valence-corrected chi connectivity index (χ1v) is 20.1. The monoisotopic (exact) mass is 737 g/mol. The summed E-state index contributed by atoms with van der Waals surface area (Å²) >= 11 is 0. The molecule has 0 atom stereocenters. The van der Waals surface area contributed by atoms with E-state index >= 15 is 0 Å². The van der Waals surface area contributed by atoms with E-state index in [1.165, 1.54) is 77.9 Å². The van der Waals surface area contributed by atoms with Gasteiger partial charge in [0.15, 0.2) is 0 Å². The van der Waals surface area contributed by atoms with Crippen LogP contribution in [0.2, 0.25) is 0 Å². The van der Waals surface area contributed by atoms with Gasteiger partial charge in [0, 0.05) is 17.1 Å². The average molecular weight is 738 g/mol. The zero-order valence-electron chi connectivity index (χ0n) is 32.0. The van der Waals surface area contributed by atoms with Crippen LogP contribution in [0.5, 0.6) is 0 Å². The molecule has 1 spiro atoms. The van der Waals surface area contributed by atoms with Gasteiger partial charge in [-0.05, 0) is 114 Å². The molecule has 2 aliphatic rings. The molecule has 11 rings (SSSR count). The number of para-hydroxylation sites is 1. The van der Waals surface area contributed by atoms with Gasteiger partial charge in [-0.2, -0.15) is 0 Å². The summed E-state index contributed by atoms with van der Waals surface area (Å²) in [5.41, 5.74) is 20.6. The van der Waals surface area contributed by atoms with E-state index in [9.17, 15) is 0 Å². The van der Waals surface area contributed by atoms with Crippen molar-refractivity contribution in [2.75, 3.05) is 4.90 Å². The number of hydrogen-bond donors (Lipinski definition) is 0. The summed E-state index contributed by atoms with van der Waals surface area (Å²) in [6.45, 7) is 0. The normalized spacial score (nSPS) is 12.9. The minimum atomic E-state index is -0.446. The maximum absolute atomic E-state index is 2.37. The van der Waals surface area contributed by atoms with Crippen molar-refractivity contribution < 1.29 is 0 Å². The third kappa shape index (κ3) is 5.39. The maximum Gasteiger partial charge on any atom is 0.0725 e. The minimum Gasteiger partial charge on any atom is -0.311 e. The third-order valence-electron chi connectivity index (χ3n) is 12.1. The first-order valence-electron chi connectivity index (χ1n) is 20.1. The molecular weight excluding hydrogens is 699 g/mol. The number of nitrogens with zero attached hydrogens (tertiary/aromatic N) is 1. The van der Waals surface area contributed by atoms with Gasteiger partial charge in [0.25, 0.3) is 0 Å². The Balaban J connectivity index is 0.995. The summed E-state index contributed by atoms with van der Waals surface area (Å²) < 4.78 is 0. The Morgan fingerprint density at radius 2 is 0.655 bits per heavy atom. The molecule has 0 unspecified atom stereocenters. The lowest BCUT2D eigenvalue weighted by Crippen LogP contribution is -2.29. The second-order valence-electron chi connectivity index (χ2n) is 15.2. The van der Waals surface area contributed by atoms with E-state index in [0.717, 1.165) is 17.1 Å². The van der Waals surface area contributed by atoms with Gasteiger partial charge >= 0.3 is 0 Å². The molecule has 272 valence electrons. The van der Waals surface area contributed by atoms with Crippen molar-refractivity contribution in [1.82, 2.24) is 0 Å². The van der Waals surface area contributed by atoms with Crippen LogP contribution in [0.25, 0.3) is 56.7 Å². The number of rotatable bonds is 6. The molecule has 9 aromatic carbocycles. The van der Waals surface area contributed by atoms with Crippen molar-refractivity contribution in [3.05, 3.63) is 258 Å². The molecule has 2 aliphatic carbocycles. The molecule has 0 aliphatic heterocycles. The molecule has 0 amide bonds. The summed E-state index contributed by atoms with van der Waals surface area (Å²) in [5, 5.41) is 0. The topological polar surface area (TPSA) is 3.24 Å². The fraction of sp³-hybridized carbons (Fsp3) is 0.0175. The minimum absolute atomic E-state index is 0.446. The van der Waals surface area contributed by atoms with Crippen molar-refractivity contribution in [2.24, 2.45) is 0 Å². The highest BCUT2D eigenvalue weighted by Gasteiger charge is 2.48. The predicted octanol–water partition coefficient (Wildman–Crippen LogP) is 15.0. The highest BCUT2D eigenvalue weighted by Crippen LogP contribution is 2.60. The Kier molecular flexibility index (Phi) is 8.12. The molecular formula is C57H39N. The zero-order valence-corrected chi connectivity index (χ0v) is 32.0. The second kappa shape index (κ2) is 13.9. The van der Waals surface area contributed by atoms with Crippen molar-refractivity contribution in [3.63, 3.8) is 0 Å². The highest BCUT2D eigenvalue weighted by molar-refractivity contribution is 5.98. The van der Waals surface area contributed by atoms with Gasteiger partial charge in [-0.1, -0.05) is 200 Å². The van der Waals surface area contributed by atoms with Gasteiger partial charge < -0.3 is 4.90 Å². The van der Waals surface area contributed by atoms with Crippen molar-refractivity contribution in [1.29, 1.82) is 0 Å². The number of hydrogen-bond acceptors (Lipinski definition) is 1. The molecule has 0 saturated carbocycles. The van der Waals surface area contributed by atoms with Gasteiger partial charge in [0.05, 0.1) is 5.41 Å². The van der Waals surface area contributed by atoms with Crippen LogP contribution in [0.1, 0.15) is 33.4 Å². The Hall–Kier alpha value is -7.48. The molecule has 1 nitrogen and oxygen atoms in total. The standard InChI is InChI=1S/C57H39N/c1-3-14-40(15-4-1)41-26-28-42(29-27-41)43-32-36-48(37-33-43)58(47-18-5-2-6-19-47)49-38-34-44(35-39-49)50-21-13-25-55-56(50)51-20-9-12-24-54(51)57(55)52-22-10-7-16-45(52)30-31-46-17-8-11-23-53(46)57/h1-39H. The molecule has 9 aromatic rings. The molecule has 0 radical (unpaired) electrons. The molecule has 1 heteroatoms. The smallest absolute Gasteiger partial charge is 0.0725 e. The summed E-state index contributed by atoms with van der Waals surface area (Å²) in [5.74, 6) is 0. The summed E-state index contributed by atoms with van der Waals surface area (Å²) in [7, 11) is 0. The Morgan fingerprint density at radius 1 is 0.259 bits per heavy atom. The maximum atomic E-state index is 2.37. The van der Waals surface area contributed by atoms with Crippen molar-refractivity contribution in [3.8, 4) is 44.5 Å². The Morgan fingerprint density at radius 3 is 1.24 bits per heavy atom. The fourth-order valence-electron chi connectivity index (χ4n) is 9.54. The number of benzene rings is 9. The van der Waals surface area contributed by atoms with Crippen LogP contribution in [0.15, 0.2) is 224 Å².